The topological polar surface area (TPSA) is 17.1 Å². The van der Waals surface area contributed by atoms with E-state index in [2.05, 4.69) is 12.6 Å². The number of fused-ring (bicyclic) bond motifs is 1. The summed E-state index contributed by atoms with van der Waals surface area (Å²) in [6.07, 6.45) is 0.881. The number of rotatable bonds is 1. The fourth-order valence-corrected chi connectivity index (χ4v) is 2.63. The van der Waals surface area contributed by atoms with Crippen LogP contribution in [0.3, 0.4) is 0 Å². The van der Waals surface area contributed by atoms with Crippen LogP contribution in [-0.2, 0) is 0 Å². The number of carbonyl (C=O) groups excluding carboxylic acids is 1. The Bertz CT molecular complexity index is 471. The Morgan fingerprint density at radius 1 is 1.54 bits per heavy atom. The third kappa shape index (κ3) is 1.28. The van der Waals surface area contributed by atoms with Crippen molar-refractivity contribution in [2.75, 3.05) is 0 Å². The van der Waals surface area contributed by atoms with Crippen molar-refractivity contribution in [1.82, 2.24) is 0 Å². The molecule has 0 N–H and O–H groups in total. The standard InChI is InChI=1S/C10H8OS2/c1-6-8(5-11)4-7-2-3-13-10(7)9(6)12/h2-5,12H,1H3. The molecule has 0 unspecified atom stereocenters. The van der Waals surface area contributed by atoms with Crippen LogP contribution in [0, 0.1) is 6.92 Å². The van der Waals surface area contributed by atoms with Crippen molar-refractivity contribution >= 4 is 40.3 Å². The third-order valence-electron chi connectivity index (χ3n) is 2.14. The normalized spacial score (nSPS) is 10.6. The van der Waals surface area contributed by atoms with Crippen molar-refractivity contribution in [3.8, 4) is 0 Å². The molecule has 3 heteroatoms. The smallest absolute Gasteiger partial charge is 0.150 e. The Morgan fingerprint density at radius 3 is 3.00 bits per heavy atom. The summed E-state index contributed by atoms with van der Waals surface area (Å²) >= 11 is 6.06. The van der Waals surface area contributed by atoms with E-state index in [1.807, 2.05) is 24.4 Å². The Kier molecular flexibility index (Phi) is 2.14. The van der Waals surface area contributed by atoms with E-state index in [1.54, 1.807) is 11.3 Å². The van der Waals surface area contributed by atoms with Crippen LogP contribution in [0.25, 0.3) is 10.1 Å². The van der Waals surface area contributed by atoms with E-state index in [0.29, 0.717) is 0 Å². The van der Waals surface area contributed by atoms with E-state index >= 15 is 0 Å². The lowest BCUT2D eigenvalue weighted by molar-refractivity contribution is 0.112. The summed E-state index contributed by atoms with van der Waals surface area (Å²) < 4.78 is 1.16. The number of hydrogen-bond acceptors (Lipinski definition) is 3. The van der Waals surface area contributed by atoms with Crippen LogP contribution < -0.4 is 0 Å². The molecule has 0 atom stereocenters. The quantitative estimate of drug-likeness (QED) is 0.562. The van der Waals surface area contributed by atoms with Crippen LogP contribution in [0.5, 0.6) is 0 Å². The molecule has 0 aliphatic heterocycles. The molecule has 1 aromatic carbocycles. The molecule has 2 aromatic rings. The zero-order valence-electron chi connectivity index (χ0n) is 7.07. The van der Waals surface area contributed by atoms with Crippen molar-refractivity contribution in [3.63, 3.8) is 0 Å². The van der Waals surface area contributed by atoms with E-state index in [1.165, 1.54) is 0 Å². The molecule has 0 radical (unpaired) electrons. The summed E-state index contributed by atoms with van der Waals surface area (Å²) in [6, 6.07) is 3.92. The maximum absolute atomic E-state index is 10.7. The monoisotopic (exact) mass is 208 g/mol. The van der Waals surface area contributed by atoms with Gasteiger partial charge in [0.15, 0.2) is 0 Å². The lowest BCUT2D eigenvalue weighted by Crippen LogP contribution is -1.87. The predicted molar refractivity (Wildman–Crippen MR) is 59.2 cm³/mol. The number of benzene rings is 1. The van der Waals surface area contributed by atoms with Gasteiger partial charge < -0.3 is 0 Å². The third-order valence-corrected chi connectivity index (χ3v) is 3.79. The fourth-order valence-electron chi connectivity index (χ4n) is 1.33. The van der Waals surface area contributed by atoms with Crippen molar-refractivity contribution in [2.24, 2.45) is 0 Å². The molecule has 0 aliphatic rings. The fraction of sp³-hybridized carbons (Fsp3) is 0.100. The minimum absolute atomic E-state index is 0.732. The molecular weight excluding hydrogens is 200 g/mol. The lowest BCUT2D eigenvalue weighted by Gasteiger charge is -2.03. The van der Waals surface area contributed by atoms with Crippen LogP contribution in [0.15, 0.2) is 22.4 Å². The summed E-state index contributed by atoms with van der Waals surface area (Å²) in [5.41, 5.74) is 1.70. The summed E-state index contributed by atoms with van der Waals surface area (Å²) in [5.74, 6) is 0. The first kappa shape index (κ1) is 8.78. The van der Waals surface area contributed by atoms with Crippen molar-refractivity contribution in [2.45, 2.75) is 11.8 Å². The minimum Gasteiger partial charge on any atom is -0.298 e. The van der Waals surface area contributed by atoms with Crippen molar-refractivity contribution in [1.29, 1.82) is 0 Å². The number of carbonyl (C=O) groups is 1. The highest BCUT2D eigenvalue weighted by Crippen LogP contribution is 2.31. The largest absolute Gasteiger partial charge is 0.298 e. The van der Waals surface area contributed by atoms with Gasteiger partial charge in [-0.05, 0) is 35.4 Å². The first-order valence-corrected chi connectivity index (χ1v) is 5.21. The van der Waals surface area contributed by atoms with Gasteiger partial charge in [0.2, 0.25) is 0 Å². The maximum Gasteiger partial charge on any atom is 0.150 e. The second-order valence-corrected chi connectivity index (χ2v) is 4.26. The van der Waals surface area contributed by atoms with Crippen LogP contribution in [0.1, 0.15) is 15.9 Å². The van der Waals surface area contributed by atoms with Crippen molar-refractivity contribution < 1.29 is 4.79 Å². The lowest BCUT2D eigenvalue weighted by atomic mass is 10.1. The number of thiophene rings is 1. The zero-order valence-corrected chi connectivity index (χ0v) is 8.78. The van der Waals surface area contributed by atoms with Gasteiger partial charge in [0, 0.05) is 15.2 Å². The SMILES string of the molecule is Cc1c(C=O)cc2ccsc2c1S. The molecular formula is C10H8OS2. The van der Waals surface area contributed by atoms with Crippen LogP contribution in [0.4, 0.5) is 0 Å². The van der Waals surface area contributed by atoms with E-state index in [-0.39, 0.29) is 0 Å². The van der Waals surface area contributed by atoms with Gasteiger partial charge in [-0.2, -0.15) is 0 Å². The molecule has 0 bridgehead atoms. The average Bonchev–Trinajstić information content (AvgIpc) is 2.59. The van der Waals surface area contributed by atoms with Crippen LogP contribution in [0.2, 0.25) is 0 Å². The molecule has 66 valence electrons. The molecule has 2 rings (SSSR count). The predicted octanol–water partition coefficient (Wildman–Crippen LogP) is 3.31. The molecule has 0 saturated carbocycles. The second kappa shape index (κ2) is 3.16. The molecule has 0 spiro atoms. The minimum atomic E-state index is 0.732. The van der Waals surface area contributed by atoms with Gasteiger partial charge in [0.25, 0.3) is 0 Å². The molecule has 1 nitrogen and oxygen atoms in total. The maximum atomic E-state index is 10.7. The first-order valence-electron chi connectivity index (χ1n) is 3.89. The Hall–Kier alpha value is -0.800. The van der Waals surface area contributed by atoms with E-state index in [0.717, 1.165) is 32.4 Å². The van der Waals surface area contributed by atoms with Gasteiger partial charge in [-0.1, -0.05) is 0 Å². The Labute approximate surface area is 85.8 Å². The second-order valence-electron chi connectivity index (χ2n) is 2.90. The summed E-state index contributed by atoms with van der Waals surface area (Å²) in [4.78, 5) is 11.6. The number of hydrogen-bond donors (Lipinski definition) is 1. The molecule has 0 saturated heterocycles. The van der Waals surface area contributed by atoms with E-state index < -0.39 is 0 Å². The van der Waals surface area contributed by atoms with Gasteiger partial charge in [0.1, 0.15) is 6.29 Å². The van der Waals surface area contributed by atoms with Gasteiger partial charge in [-0.3, -0.25) is 4.79 Å². The van der Waals surface area contributed by atoms with Gasteiger partial charge >= 0.3 is 0 Å². The summed E-state index contributed by atoms with van der Waals surface area (Å²) in [6.45, 7) is 1.92. The van der Waals surface area contributed by atoms with Gasteiger partial charge in [0.05, 0.1) is 0 Å². The molecule has 0 amide bonds. The molecule has 1 aromatic heterocycles. The van der Waals surface area contributed by atoms with Crippen molar-refractivity contribution in [3.05, 3.63) is 28.6 Å². The van der Waals surface area contributed by atoms with E-state index in [9.17, 15) is 4.79 Å². The number of aldehydes is 1. The molecule has 0 aliphatic carbocycles. The summed E-state index contributed by atoms with van der Waals surface area (Å²) in [7, 11) is 0. The molecule has 0 fully saturated rings. The molecule has 1 heterocycles. The Morgan fingerprint density at radius 2 is 2.31 bits per heavy atom. The highest BCUT2D eigenvalue weighted by molar-refractivity contribution is 7.80. The zero-order chi connectivity index (χ0) is 9.42. The van der Waals surface area contributed by atoms with Crippen LogP contribution >= 0.6 is 24.0 Å². The van der Waals surface area contributed by atoms with Crippen LogP contribution in [-0.4, -0.2) is 6.29 Å². The van der Waals surface area contributed by atoms with Gasteiger partial charge in [-0.25, -0.2) is 0 Å². The highest BCUT2D eigenvalue weighted by Gasteiger charge is 2.07. The van der Waals surface area contributed by atoms with E-state index in [4.69, 9.17) is 0 Å². The highest BCUT2D eigenvalue weighted by atomic mass is 32.1. The summed E-state index contributed by atoms with van der Waals surface area (Å²) in [5, 5.41) is 3.11. The number of thiol groups is 1. The van der Waals surface area contributed by atoms with Gasteiger partial charge in [-0.15, -0.1) is 24.0 Å². The average molecular weight is 208 g/mol. The first-order chi connectivity index (χ1) is 6.24. The Balaban J connectivity index is 2.91. The molecule has 13 heavy (non-hydrogen) atoms.